The maximum atomic E-state index is 12.5. The van der Waals surface area contributed by atoms with E-state index in [-0.39, 0.29) is 34.7 Å². The van der Waals surface area contributed by atoms with Crippen molar-refractivity contribution in [1.29, 1.82) is 0 Å². The summed E-state index contributed by atoms with van der Waals surface area (Å²) in [7, 11) is -1.91. The van der Waals surface area contributed by atoms with Gasteiger partial charge in [-0.2, -0.15) is 0 Å². The van der Waals surface area contributed by atoms with Crippen LogP contribution in [0.25, 0.3) is 0 Å². The van der Waals surface area contributed by atoms with Gasteiger partial charge in [-0.3, -0.25) is 9.69 Å². The van der Waals surface area contributed by atoms with Crippen molar-refractivity contribution in [3.8, 4) is 0 Å². The Hall–Kier alpha value is -1.60. The third kappa shape index (κ3) is 5.94. The molecule has 0 saturated heterocycles. The molecule has 2 aromatic carbocycles. The van der Waals surface area contributed by atoms with Crippen LogP contribution in [-0.2, 0) is 14.6 Å². The van der Waals surface area contributed by atoms with Crippen LogP contribution in [0.2, 0.25) is 10.0 Å². The molecule has 5 nitrogen and oxygen atoms in total. The van der Waals surface area contributed by atoms with E-state index in [4.69, 9.17) is 23.2 Å². The van der Waals surface area contributed by atoms with Gasteiger partial charge in [0.25, 0.3) is 0 Å². The van der Waals surface area contributed by atoms with Crippen LogP contribution >= 0.6 is 23.2 Å². The lowest BCUT2D eigenvalue weighted by atomic mass is 10.1. The standard InChI is InChI=1S/C19H22Cl2N2O3S/c1-13-5-4-6-14(2)19(13)22-18(24)12-23(3)9-10-27(25,26)17-11-15(20)7-8-16(17)21/h4-8,11H,9-10,12H2,1-3H3,(H,22,24). The first-order valence-electron chi connectivity index (χ1n) is 8.32. The Morgan fingerprint density at radius 3 is 2.37 bits per heavy atom. The van der Waals surface area contributed by atoms with Crippen LogP contribution in [0.15, 0.2) is 41.3 Å². The zero-order valence-corrected chi connectivity index (χ0v) is 17.7. The normalized spacial score (nSPS) is 11.6. The number of rotatable bonds is 7. The van der Waals surface area contributed by atoms with Gasteiger partial charge in [0.15, 0.2) is 9.84 Å². The number of anilines is 1. The number of sulfone groups is 1. The molecule has 0 spiro atoms. The van der Waals surface area contributed by atoms with Crippen molar-refractivity contribution in [3.05, 3.63) is 57.6 Å². The molecule has 2 aromatic rings. The molecular formula is C19H22Cl2N2O3S. The Morgan fingerprint density at radius 1 is 1.11 bits per heavy atom. The van der Waals surface area contributed by atoms with Crippen molar-refractivity contribution in [3.63, 3.8) is 0 Å². The Morgan fingerprint density at radius 2 is 1.74 bits per heavy atom. The maximum absolute atomic E-state index is 12.5. The number of nitrogens with one attached hydrogen (secondary N) is 1. The van der Waals surface area contributed by atoms with E-state index in [1.807, 2.05) is 32.0 Å². The van der Waals surface area contributed by atoms with Crippen LogP contribution in [0.3, 0.4) is 0 Å². The summed E-state index contributed by atoms with van der Waals surface area (Å²) in [6.45, 7) is 4.11. The summed E-state index contributed by atoms with van der Waals surface area (Å²) in [5.41, 5.74) is 2.74. The summed E-state index contributed by atoms with van der Waals surface area (Å²) in [6, 6.07) is 10.1. The fraction of sp³-hybridized carbons (Fsp3) is 0.316. The molecule has 0 heterocycles. The SMILES string of the molecule is Cc1cccc(C)c1NC(=O)CN(C)CCS(=O)(=O)c1cc(Cl)ccc1Cl. The van der Waals surface area contributed by atoms with Gasteiger partial charge in [0.1, 0.15) is 0 Å². The molecule has 0 atom stereocenters. The Kier molecular flexibility index (Phi) is 7.28. The average molecular weight is 429 g/mol. The Labute approximate surface area is 170 Å². The van der Waals surface area contributed by atoms with E-state index in [1.54, 1.807) is 11.9 Å². The van der Waals surface area contributed by atoms with Gasteiger partial charge < -0.3 is 5.32 Å². The van der Waals surface area contributed by atoms with Crippen molar-refractivity contribution < 1.29 is 13.2 Å². The molecule has 8 heteroatoms. The van der Waals surface area contributed by atoms with Crippen LogP contribution < -0.4 is 5.32 Å². The van der Waals surface area contributed by atoms with Gasteiger partial charge >= 0.3 is 0 Å². The van der Waals surface area contributed by atoms with Gasteiger partial charge in [0.2, 0.25) is 5.91 Å². The Balaban J connectivity index is 1.96. The first-order valence-corrected chi connectivity index (χ1v) is 10.7. The minimum absolute atomic E-state index is 0.00468. The quantitative estimate of drug-likeness (QED) is 0.724. The second-order valence-corrected chi connectivity index (χ2v) is 9.37. The third-order valence-corrected chi connectivity index (χ3v) is 6.53. The first kappa shape index (κ1) is 21.7. The van der Waals surface area contributed by atoms with E-state index in [2.05, 4.69) is 5.32 Å². The largest absolute Gasteiger partial charge is 0.324 e. The molecule has 0 aliphatic carbocycles. The lowest BCUT2D eigenvalue weighted by Crippen LogP contribution is -2.33. The lowest BCUT2D eigenvalue weighted by Gasteiger charge is -2.18. The highest BCUT2D eigenvalue weighted by atomic mass is 35.5. The van der Waals surface area contributed by atoms with Crippen molar-refractivity contribution in [1.82, 2.24) is 4.90 Å². The van der Waals surface area contributed by atoms with Gasteiger partial charge in [-0.05, 0) is 50.2 Å². The summed E-state index contributed by atoms with van der Waals surface area (Å²) in [5.74, 6) is -0.367. The van der Waals surface area contributed by atoms with Gasteiger partial charge in [-0.15, -0.1) is 0 Å². The minimum Gasteiger partial charge on any atom is -0.324 e. The molecule has 0 fully saturated rings. The van der Waals surface area contributed by atoms with Crippen LogP contribution in [0.1, 0.15) is 11.1 Å². The molecule has 0 aromatic heterocycles. The molecule has 0 aliphatic rings. The zero-order chi connectivity index (χ0) is 20.2. The molecule has 1 amide bonds. The number of halogens is 2. The summed E-state index contributed by atoms with van der Waals surface area (Å²) >= 11 is 11.9. The van der Waals surface area contributed by atoms with Crippen molar-refractivity contribution >= 4 is 44.6 Å². The van der Waals surface area contributed by atoms with E-state index in [9.17, 15) is 13.2 Å². The summed E-state index contributed by atoms with van der Waals surface area (Å²) < 4.78 is 25.0. The van der Waals surface area contributed by atoms with Gasteiger partial charge in [-0.25, -0.2) is 8.42 Å². The number of carbonyl (C=O) groups excluding carboxylic acids is 1. The van der Waals surface area contributed by atoms with Crippen LogP contribution in [0.4, 0.5) is 5.69 Å². The van der Waals surface area contributed by atoms with Crippen LogP contribution in [0, 0.1) is 13.8 Å². The van der Waals surface area contributed by atoms with Crippen molar-refractivity contribution in [2.24, 2.45) is 0 Å². The van der Waals surface area contributed by atoms with E-state index in [1.165, 1.54) is 18.2 Å². The molecule has 0 bridgehead atoms. The van der Waals surface area contributed by atoms with E-state index in [0.29, 0.717) is 5.02 Å². The predicted octanol–water partition coefficient (Wildman–Crippen LogP) is 3.95. The number of likely N-dealkylation sites (N-methyl/N-ethyl adjacent to an activating group) is 1. The molecule has 146 valence electrons. The van der Waals surface area contributed by atoms with Crippen LogP contribution in [0.5, 0.6) is 0 Å². The average Bonchev–Trinajstić information content (AvgIpc) is 2.58. The number of carbonyl (C=O) groups is 1. The number of hydrogen-bond acceptors (Lipinski definition) is 4. The molecule has 27 heavy (non-hydrogen) atoms. The van der Waals surface area contributed by atoms with Gasteiger partial charge in [0.05, 0.1) is 22.2 Å². The van der Waals surface area contributed by atoms with E-state index < -0.39 is 9.84 Å². The second kappa shape index (κ2) is 9.06. The molecule has 0 unspecified atom stereocenters. The third-order valence-electron chi connectivity index (χ3n) is 4.13. The maximum Gasteiger partial charge on any atom is 0.238 e. The fourth-order valence-corrected chi connectivity index (χ4v) is 4.77. The molecule has 0 radical (unpaired) electrons. The summed E-state index contributed by atoms with van der Waals surface area (Å²) in [5, 5.41) is 3.33. The minimum atomic E-state index is -3.61. The molecule has 2 rings (SSSR count). The topological polar surface area (TPSA) is 66.5 Å². The highest BCUT2D eigenvalue weighted by molar-refractivity contribution is 7.91. The number of benzene rings is 2. The molecule has 1 N–H and O–H groups in total. The van der Waals surface area contributed by atoms with Crippen molar-refractivity contribution in [2.45, 2.75) is 18.7 Å². The van der Waals surface area contributed by atoms with Gasteiger partial charge in [0, 0.05) is 17.3 Å². The summed E-state index contributed by atoms with van der Waals surface area (Å²) in [6.07, 6.45) is 0. The molecular weight excluding hydrogens is 407 g/mol. The number of para-hydroxylation sites is 1. The number of aryl methyl sites for hydroxylation is 2. The number of amides is 1. The van der Waals surface area contributed by atoms with Crippen LogP contribution in [-0.4, -0.2) is 45.1 Å². The lowest BCUT2D eigenvalue weighted by molar-refractivity contribution is -0.117. The first-order chi connectivity index (χ1) is 12.6. The van der Waals surface area contributed by atoms with E-state index >= 15 is 0 Å². The predicted molar refractivity (Wildman–Crippen MR) is 111 cm³/mol. The highest BCUT2D eigenvalue weighted by Gasteiger charge is 2.20. The monoisotopic (exact) mass is 428 g/mol. The van der Waals surface area contributed by atoms with E-state index in [0.717, 1.165) is 16.8 Å². The Bertz CT molecular complexity index is 926. The fourth-order valence-electron chi connectivity index (χ4n) is 2.62. The number of nitrogens with zero attached hydrogens (tertiary/aromatic N) is 1. The van der Waals surface area contributed by atoms with Crippen molar-refractivity contribution in [2.75, 3.05) is 31.2 Å². The molecule has 0 saturated carbocycles. The second-order valence-electron chi connectivity index (χ2n) is 6.45. The zero-order valence-electron chi connectivity index (χ0n) is 15.4. The molecule has 0 aliphatic heterocycles. The van der Waals surface area contributed by atoms with Gasteiger partial charge in [-0.1, -0.05) is 41.4 Å². The highest BCUT2D eigenvalue weighted by Crippen LogP contribution is 2.26. The summed E-state index contributed by atoms with van der Waals surface area (Å²) in [4.78, 5) is 13.9. The number of hydrogen-bond donors (Lipinski definition) is 1. The smallest absolute Gasteiger partial charge is 0.238 e.